The van der Waals surface area contributed by atoms with E-state index in [9.17, 15) is 9.90 Å². The maximum absolute atomic E-state index is 11.6. The summed E-state index contributed by atoms with van der Waals surface area (Å²) >= 11 is 3.28. The van der Waals surface area contributed by atoms with Crippen molar-refractivity contribution in [3.63, 3.8) is 0 Å². The molecule has 4 N–H and O–H groups in total. The van der Waals surface area contributed by atoms with E-state index in [0.29, 0.717) is 24.6 Å². The number of phenolic OH excluding ortho intramolecular Hbond substituents is 1. The monoisotopic (exact) mass is 300 g/mol. The van der Waals surface area contributed by atoms with Crippen LogP contribution in [0.25, 0.3) is 0 Å². The van der Waals surface area contributed by atoms with E-state index in [1.165, 1.54) is 6.07 Å². The Bertz CT molecular complexity index is 396. The minimum absolute atomic E-state index is 0.0634. The van der Waals surface area contributed by atoms with E-state index < -0.39 is 0 Å². The Balaban J connectivity index is 2.53. The molecule has 0 heterocycles. The number of aromatic hydroxyl groups is 1. The molecule has 17 heavy (non-hydrogen) atoms. The number of halogens is 1. The van der Waals surface area contributed by atoms with Crippen LogP contribution in [-0.4, -0.2) is 17.6 Å². The Kier molecular flexibility index (Phi) is 5.44. The Labute approximate surface area is 109 Å². The molecule has 0 aliphatic heterocycles. The molecule has 1 unspecified atom stereocenters. The molecule has 1 aromatic rings. The lowest BCUT2D eigenvalue weighted by Gasteiger charge is -2.10. The normalized spacial score (nSPS) is 12.2. The summed E-state index contributed by atoms with van der Waals surface area (Å²) in [5.41, 5.74) is 5.90. The van der Waals surface area contributed by atoms with Gasteiger partial charge in [-0.05, 0) is 37.1 Å². The van der Waals surface area contributed by atoms with Crippen molar-refractivity contribution >= 4 is 27.5 Å². The van der Waals surface area contributed by atoms with Gasteiger partial charge in [-0.2, -0.15) is 0 Å². The van der Waals surface area contributed by atoms with E-state index in [0.717, 1.165) is 10.9 Å². The van der Waals surface area contributed by atoms with E-state index >= 15 is 0 Å². The lowest BCUT2D eigenvalue weighted by atomic mass is 10.1. The average molecular weight is 301 g/mol. The highest BCUT2D eigenvalue weighted by atomic mass is 79.9. The van der Waals surface area contributed by atoms with Crippen LogP contribution < -0.4 is 11.1 Å². The second-order valence-electron chi connectivity index (χ2n) is 4.09. The van der Waals surface area contributed by atoms with Crippen LogP contribution in [-0.2, 0) is 4.79 Å². The standard InChI is InChI=1S/C12H17BrN2O2/c1-8(7-14)2-5-12(17)15-10-6-9(13)3-4-11(10)16/h3-4,6,8,16H,2,5,7,14H2,1H3,(H,15,17). The minimum Gasteiger partial charge on any atom is -0.506 e. The van der Waals surface area contributed by atoms with Crippen molar-refractivity contribution in [2.45, 2.75) is 19.8 Å². The van der Waals surface area contributed by atoms with Gasteiger partial charge in [0.2, 0.25) is 5.91 Å². The lowest BCUT2D eigenvalue weighted by Crippen LogP contribution is -2.16. The molecule has 0 aliphatic carbocycles. The third-order valence-corrected chi connectivity index (χ3v) is 2.99. The summed E-state index contributed by atoms with van der Waals surface area (Å²) in [5.74, 6) is 0.281. The number of amides is 1. The van der Waals surface area contributed by atoms with Gasteiger partial charge >= 0.3 is 0 Å². The summed E-state index contributed by atoms with van der Waals surface area (Å²) in [7, 11) is 0. The highest BCUT2D eigenvalue weighted by Gasteiger charge is 2.08. The largest absolute Gasteiger partial charge is 0.506 e. The Morgan fingerprint density at radius 2 is 2.29 bits per heavy atom. The Morgan fingerprint density at radius 1 is 1.59 bits per heavy atom. The average Bonchev–Trinajstić information content (AvgIpc) is 2.30. The number of hydrogen-bond acceptors (Lipinski definition) is 3. The Morgan fingerprint density at radius 3 is 2.94 bits per heavy atom. The van der Waals surface area contributed by atoms with E-state index in [2.05, 4.69) is 21.2 Å². The van der Waals surface area contributed by atoms with Crippen LogP contribution in [0.2, 0.25) is 0 Å². The van der Waals surface area contributed by atoms with Crippen molar-refractivity contribution in [1.82, 2.24) is 0 Å². The van der Waals surface area contributed by atoms with Crippen LogP contribution in [0.4, 0.5) is 5.69 Å². The number of nitrogens with one attached hydrogen (secondary N) is 1. The van der Waals surface area contributed by atoms with Gasteiger partial charge in [0.05, 0.1) is 5.69 Å². The van der Waals surface area contributed by atoms with Crippen molar-refractivity contribution in [1.29, 1.82) is 0 Å². The molecule has 1 aromatic carbocycles. The maximum atomic E-state index is 11.6. The zero-order chi connectivity index (χ0) is 12.8. The molecule has 94 valence electrons. The van der Waals surface area contributed by atoms with Crippen LogP contribution >= 0.6 is 15.9 Å². The molecule has 0 aromatic heterocycles. The van der Waals surface area contributed by atoms with Crippen molar-refractivity contribution in [3.8, 4) is 5.75 Å². The summed E-state index contributed by atoms with van der Waals surface area (Å²) in [6.45, 7) is 2.58. The highest BCUT2D eigenvalue weighted by Crippen LogP contribution is 2.26. The second kappa shape index (κ2) is 6.61. The smallest absolute Gasteiger partial charge is 0.224 e. The fourth-order valence-electron chi connectivity index (χ4n) is 1.32. The molecule has 1 rings (SSSR count). The molecular formula is C12H17BrN2O2. The summed E-state index contributed by atoms with van der Waals surface area (Å²) in [5, 5.41) is 12.2. The minimum atomic E-state index is -0.112. The fraction of sp³-hybridized carbons (Fsp3) is 0.417. The van der Waals surface area contributed by atoms with Crippen LogP contribution in [0.15, 0.2) is 22.7 Å². The second-order valence-corrected chi connectivity index (χ2v) is 5.00. The number of phenols is 1. The fourth-order valence-corrected chi connectivity index (χ4v) is 1.68. The molecule has 0 saturated heterocycles. The summed E-state index contributed by atoms with van der Waals surface area (Å²) in [6, 6.07) is 4.91. The highest BCUT2D eigenvalue weighted by molar-refractivity contribution is 9.10. The zero-order valence-corrected chi connectivity index (χ0v) is 11.3. The van der Waals surface area contributed by atoms with Crippen molar-refractivity contribution < 1.29 is 9.90 Å². The van der Waals surface area contributed by atoms with E-state index in [4.69, 9.17) is 5.73 Å². The first kappa shape index (κ1) is 14.0. The number of carbonyl (C=O) groups excluding carboxylic acids is 1. The number of nitrogens with two attached hydrogens (primary N) is 1. The van der Waals surface area contributed by atoms with Gasteiger partial charge in [-0.1, -0.05) is 22.9 Å². The first-order valence-corrected chi connectivity index (χ1v) is 6.30. The van der Waals surface area contributed by atoms with Gasteiger partial charge in [0.15, 0.2) is 0 Å². The summed E-state index contributed by atoms with van der Waals surface area (Å²) < 4.78 is 0.806. The molecule has 0 aliphatic rings. The molecular weight excluding hydrogens is 284 g/mol. The molecule has 4 nitrogen and oxygen atoms in total. The molecule has 0 saturated carbocycles. The molecule has 0 bridgehead atoms. The SMILES string of the molecule is CC(CN)CCC(=O)Nc1cc(Br)ccc1O. The van der Waals surface area contributed by atoms with Crippen LogP contribution in [0.1, 0.15) is 19.8 Å². The van der Waals surface area contributed by atoms with Gasteiger partial charge < -0.3 is 16.2 Å². The zero-order valence-electron chi connectivity index (χ0n) is 9.74. The quantitative estimate of drug-likeness (QED) is 0.731. The van der Waals surface area contributed by atoms with Gasteiger partial charge in [0.25, 0.3) is 0 Å². The van der Waals surface area contributed by atoms with Crippen molar-refractivity contribution in [3.05, 3.63) is 22.7 Å². The summed E-state index contributed by atoms with van der Waals surface area (Å²) in [4.78, 5) is 11.6. The van der Waals surface area contributed by atoms with Gasteiger partial charge in [-0.25, -0.2) is 0 Å². The van der Waals surface area contributed by atoms with E-state index in [1.54, 1.807) is 12.1 Å². The van der Waals surface area contributed by atoms with E-state index in [1.807, 2.05) is 6.92 Å². The van der Waals surface area contributed by atoms with Gasteiger partial charge in [0.1, 0.15) is 5.75 Å². The lowest BCUT2D eigenvalue weighted by molar-refractivity contribution is -0.116. The number of anilines is 1. The number of benzene rings is 1. The summed E-state index contributed by atoms with van der Waals surface area (Å²) in [6.07, 6.45) is 1.15. The van der Waals surface area contributed by atoms with Gasteiger partial charge in [-0.15, -0.1) is 0 Å². The first-order valence-electron chi connectivity index (χ1n) is 5.51. The Hall–Kier alpha value is -1.07. The maximum Gasteiger partial charge on any atom is 0.224 e. The van der Waals surface area contributed by atoms with E-state index in [-0.39, 0.29) is 11.7 Å². The van der Waals surface area contributed by atoms with Crippen LogP contribution in [0.5, 0.6) is 5.75 Å². The third-order valence-electron chi connectivity index (χ3n) is 2.50. The molecule has 0 fully saturated rings. The predicted molar refractivity (Wildman–Crippen MR) is 71.9 cm³/mol. The number of carbonyl (C=O) groups is 1. The van der Waals surface area contributed by atoms with Crippen molar-refractivity contribution in [2.24, 2.45) is 11.7 Å². The molecule has 1 amide bonds. The predicted octanol–water partition coefficient (Wildman–Crippen LogP) is 2.47. The van der Waals surface area contributed by atoms with Crippen LogP contribution in [0.3, 0.4) is 0 Å². The third kappa shape index (κ3) is 4.75. The molecule has 5 heteroatoms. The molecule has 0 spiro atoms. The van der Waals surface area contributed by atoms with Gasteiger partial charge in [-0.3, -0.25) is 4.79 Å². The van der Waals surface area contributed by atoms with Gasteiger partial charge in [0, 0.05) is 10.9 Å². The molecule has 0 radical (unpaired) electrons. The molecule has 1 atom stereocenters. The number of hydrogen-bond donors (Lipinski definition) is 3. The first-order chi connectivity index (χ1) is 8.02. The van der Waals surface area contributed by atoms with Crippen LogP contribution in [0, 0.1) is 5.92 Å². The van der Waals surface area contributed by atoms with Crippen molar-refractivity contribution in [2.75, 3.05) is 11.9 Å². The number of rotatable bonds is 5. The topological polar surface area (TPSA) is 75.4 Å².